The van der Waals surface area contributed by atoms with Gasteiger partial charge in [-0.15, -0.1) is 11.3 Å². The second-order valence-electron chi connectivity index (χ2n) is 8.51. The van der Waals surface area contributed by atoms with Crippen molar-refractivity contribution in [2.75, 3.05) is 29.9 Å². The van der Waals surface area contributed by atoms with Crippen molar-refractivity contribution in [2.24, 2.45) is 0 Å². The van der Waals surface area contributed by atoms with Crippen LogP contribution in [0.5, 0.6) is 0 Å². The van der Waals surface area contributed by atoms with E-state index in [-0.39, 0.29) is 5.91 Å². The zero-order chi connectivity index (χ0) is 26.4. The molecule has 1 saturated carbocycles. The van der Waals surface area contributed by atoms with Gasteiger partial charge in [0.15, 0.2) is 0 Å². The van der Waals surface area contributed by atoms with E-state index >= 15 is 0 Å². The number of anilines is 2. The molecule has 1 aliphatic carbocycles. The standard InChI is InChI=1S/C22H24N6OS.C2HF3O2/c29-22(16-2-1-7-23-13-16)25-9-8-24-19-12-20(27-21(26-19)15-3-4-15)28-10-5-18-17(14-28)6-11-30-18;3-2(4,5)1(6)7/h1-2,6-7,11-13,15H,3-5,8-10,14H2,(H,25,29)(H,24,26,27);(H,6,7). The summed E-state index contributed by atoms with van der Waals surface area (Å²) in [5.41, 5.74) is 1.97. The number of pyridine rings is 1. The Kier molecular flexibility index (Phi) is 8.21. The van der Waals surface area contributed by atoms with E-state index in [1.807, 2.05) is 17.4 Å². The Hall–Kier alpha value is -3.74. The minimum atomic E-state index is -5.08. The molecule has 0 radical (unpaired) electrons. The van der Waals surface area contributed by atoms with Gasteiger partial charge in [-0.1, -0.05) is 0 Å². The van der Waals surface area contributed by atoms with Gasteiger partial charge in [-0.3, -0.25) is 9.78 Å². The number of halogens is 3. The third kappa shape index (κ3) is 7.38. The summed E-state index contributed by atoms with van der Waals surface area (Å²) in [7, 11) is 0. The molecule has 0 spiro atoms. The lowest BCUT2D eigenvalue weighted by atomic mass is 10.1. The van der Waals surface area contributed by atoms with Gasteiger partial charge in [0.1, 0.15) is 17.5 Å². The predicted molar refractivity (Wildman–Crippen MR) is 132 cm³/mol. The van der Waals surface area contributed by atoms with Crippen LogP contribution in [0.4, 0.5) is 24.8 Å². The molecular weight excluding hydrogens is 509 g/mol. The van der Waals surface area contributed by atoms with Gasteiger partial charge >= 0.3 is 12.1 Å². The zero-order valence-electron chi connectivity index (χ0n) is 19.7. The maximum absolute atomic E-state index is 12.1. The lowest BCUT2D eigenvalue weighted by Gasteiger charge is -2.28. The summed E-state index contributed by atoms with van der Waals surface area (Å²) >= 11 is 1.85. The molecule has 1 fully saturated rings. The molecule has 1 amide bonds. The summed E-state index contributed by atoms with van der Waals surface area (Å²) in [5, 5.41) is 15.6. The summed E-state index contributed by atoms with van der Waals surface area (Å²) in [4.78, 5) is 38.5. The molecule has 1 aliphatic heterocycles. The monoisotopic (exact) mass is 534 g/mol. The third-order valence-electron chi connectivity index (χ3n) is 5.69. The molecule has 5 rings (SSSR count). The van der Waals surface area contributed by atoms with E-state index in [1.165, 1.54) is 23.3 Å². The predicted octanol–water partition coefficient (Wildman–Crippen LogP) is 3.85. The van der Waals surface area contributed by atoms with Crippen LogP contribution in [0.15, 0.2) is 42.0 Å². The Labute approximate surface area is 214 Å². The van der Waals surface area contributed by atoms with Crippen LogP contribution in [-0.4, -0.2) is 57.7 Å². The van der Waals surface area contributed by atoms with Crippen molar-refractivity contribution in [3.63, 3.8) is 0 Å². The first-order valence-electron chi connectivity index (χ1n) is 11.6. The van der Waals surface area contributed by atoms with Gasteiger partial charge in [0.05, 0.1) is 5.56 Å². The lowest BCUT2D eigenvalue weighted by molar-refractivity contribution is -0.192. The third-order valence-corrected chi connectivity index (χ3v) is 6.71. The van der Waals surface area contributed by atoms with E-state index in [1.54, 1.807) is 24.5 Å². The van der Waals surface area contributed by atoms with Crippen molar-refractivity contribution < 1.29 is 27.9 Å². The fraction of sp³-hybridized carbons (Fsp3) is 0.375. The highest BCUT2D eigenvalue weighted by Crippen LogP contribution is 2.39. The Bertz CT molecular complexity index is 1230. The minimum absolute atomic E-state index is 0.119. The maximum Gasteiger partial charge on any atom is 0.490 e. The molecule has 0 atom stereocenters. The van der Waals surface area contributed by atoms with Crippen LogP contribution in [0.1, 0.15) is 45.4 Å². The maximum atomic E-state index is 12.1. The van der Waals surface area contributed by atoms with Crippen molar-refractivity contribution in [3.05, 3.63) is 63.9 Å². The minimum Gasteiger partial charge on any atom is -0.475 e. The Balaban J connectivity index is 0.000000405. The quantitative estimate of drug-likeness (QED) is 0.391. The first-order chi connectivity index (χ1) is 17.7. The van der Waals surface area contributed by atoms with E-state index in [0.29, 0.717) is 24.6 Å². The Morgan fingerprint density at radius 1 is 1.19 bits per heavy atom. The molecule has 0 unspecified atom stereocenters. The number of aromatic nitrogens is 3. The average Bonchev–Trinajstić information content (AvgIpc) is 3.63. The number of hydrogen-bond donors (Lipinski definition) is 3. The van der Waals surface area contributed by atoms with Gasteiger partial charge in [0, 0.05) is 55.4 Å². The first-order valence-corrected chi connectivity index (χ1v) is 12.5. The number of fused-ring (bicyclic) bond motifs is 1. The molecule has 0 saturated heterocycles. The smallest absolute Gasteiger partial charge is 0.475 e. The highest BCUT2D eigenvalue weighted by molar-refractivity contribution is 7.10. The Morgan fingerprint density at radius 3 is 2.65 bits per heavy atom. The van der Waals surface area contributed by atoms with Crippen LogP contribution >= 0.6 is 11.3 Å². The van der Waals surface area contributed by atoms with Gasteiger partial charge in [-0.25, -0.2) is 14.8 Å². The van der Waals surface area contributed by atoms with Crippen molar-refractivity contribution in [1.29, 1.82) is 0 Å². The number of thiophene rings is 1. The van der Waals surface area contributed by atoms with Gasteiger partial charge in [0.2, 0.25) is 0 Å². The normalized spacial score (nSPS) is 14.7. The van der Waals surface area contributed by atoms with E-state index in [0.717, 1.165) is 37.0 Å². The molecule has 3 aromatic heterocycles. The van der Waals surface area contributed by atoms with Crippen LogP contribution < -0.4 is 15.5 Å². The molecular formula is C24H25F3N6O3S. The molecule has 4 heterocycles. The number of carboxylic acid groups (broad SMARTS) is 1. The SMILES string of the molecule is O=C(NCCNc1cc(N2CCc3sccc3C2)nc(C2CC2)n1)c1cccnc1.O=C(O)C(F)(F)F. The van der Waals surface area contributed by atoms with Gasteiger partial charge < -0.3 is 20.6 Å². The molecule has 3 aromatic rings. The number of aliphatic carboxylic acids is 1. The second kappa shape index (κ2) is 11.5. The zero-order valence-corrected chi connectivity index (χ0v) is 20.5. The number of hydrogen-bond acceptors (Lipinski definition) is 8. The Morgan fingerprint density at radius 2 is 1.97 bits per heavy atom. The van der Waals surface area contributed by atoms with Crippen LogP contribution in [0.3, 0.4) is 0 Å². The van der Waals surface area contributed by atoms with Crippen molar-refractivity contribution >= 4 is 34.8 Å². The second-order valence-corrected chi connectivity index (χ2v) is 9.51. The molecule has 0 bridgehead atoms. The molecule has 37 heavy (non-hydrogen) atoms. The van der Waals surface area contributed by atoms with E-state index in [9.17, 15) is 18.0 Å². The van der Waals surface area contributed by atoms with E-state index in [4.69, 9.17) is 19.9 Å². The van der Waals surface area contributed by atoms with E-state index < -0.39 is 12.1 Å². The number of rotatable bonds is 7. The fourth-order valence-electron chi connectivity index (χ4n) is 3.64. The first kappa shape index (κ1) is 26.3. The highest BCUT2D eigenvalue weighted by atomic mass is 32.1. The van der Waals surface area contributed by atoms with Crippen molar-refractivity contribution in [1.82, 2.24) is 20.3 Å². The number of nitrogens with zero attached hydrogens (tertiary/aromatic N) is 4. The summed E-state index contributed by atoms with van der Waals surface area (Å²) in [6.07, 6.45) is 1.54. The number of alkyl halides is 3. The van der Waals surface area contributed by atoms with Gasteiger partial charge in [-0.2, -0.15) is 13.2 Å². The highest BCUT2D eigenvalue weighted by Gasteiger charge is 2.38. The molecule has 196 valence electrons. The van der Waals surface area contributed by atoms with Crippen LogP contribution in [-0.2, 0) is 17.8 Å². The molecule has 0 aromatic carbocycles. The van der Waals surface area contributed by atoms with Crippen molar-refractivity contribution in [2.45, 2.75) is 37.9 Å². The molecule has 13 heteroatoms. The number of carboxylic acids is 1. The summed E-state index contributed by atoms with van der Waals surface area (Å²) < 4.78 is 31.7. The summed E-state index contributed by atoms with van der Waals surface area (Å²) in [5.74, 6) is 0.362. The topological polar surface area (TPSA) is 120 Å². The van der Waals surface area contributed by atoms with Crippen LogP contribution in [0.2, 0.25) is 0 Å². The summed E-state index contributed by atoms with van der Waals surface area (Å²) in [6.45, 7) is 2.99. The number of carbonyl (C=O) groups excluding carboxylic acids is 1. The lowest BCUT2D eigenvalue weighted by Crippen LogP contribution is -2.31. The molecule has 3 N–H and O–H groups in total. The van der Waals surface area contributed by atoms with Crippen LogP contribution in [0.25, 0.3) is 0 Å². The molecule has 2 aliphatic rings. The number of carbonyl (C=O) groups is 2. The van der Waals surface area contributed by atoms with E-state index in [2.05, 4.69) is 32.0 Å². The number of amides is 1. The largest absolute Gasteiger partial charge is 0.490 e. The fourth-order valence-corrected chi connectivity index (χ4v) is 4.53. The van der Waals surface area contributed by atoms with Gasteiger partial charge in [-0.05, 0) is 48.4 Å². The van der Waals surface area contributed by atoms with Crippen LogP contribution in [0, 0.1) is 0 Å². The number of nitrogens with one attached hydrogen (secondary N) is 2. The summed E-state index contributed by atoms with van der Waals surface area (Å²) in [6, 6.07) is 7.77. The molecule has 9 nitrogen and oxygen atoms in total. The van der Waals surface area contributed by atoms with Gasteiger partial charge in [0.25, 0.3) is 5.91 Å². The van der Waals surface area contributed by atoms with Crippen molar-refractivity contribution in [3.8, 4) is 0 Å². The average molecular weight is 535 g/mol.